The van der Waals surface area contributed by atoms with Gasteiger partial charge in [0.1, 0.15) is 18.1 Å². The quantitative estimate of drug-likeness (QED) is 0.0552. The molecule has 1 saturated heterocycles. The van der Waals surface area contributed by atoms with Gasteiger partial charge in [0.2, 0.25) is 0 Å². The number of aliphatic carboxylic acids is 1. The van der Waals surface area contributed by atoms with E-state index >= 15 is 0 Å². The molecule has 1 amide bonds. The topological polar surface area (TPSA) is 230 Å². The van der Waals surface area contributed by atoms with Crippen molar-refractivity contribution in [2.45, 2.75) is 38.3 Å². The number of carboxylic acid groups (broad SMARTS) is 1. The van der Waals surface area contributed by atoms with Gasteiger partial charge in [0.15, 0.2) is 29.9 Å². The Labute approximate surface area is 278 Å². The average molecular weight is 703 g/mol. The van der Waals surface area contributed by atoms with E-state index in [9.17, 15) is 27.9 Å². The van der Waals surface area contributed by atoms with Crippen LogP contribution >= 0.6 is 11.3 Å². The summed E-state index contributed by atoms with van der Waals surface area (Å²) in [6, 6.07) is 10.9. The number of hydrogen-bond donors (Lipinski definition) is 3. The van der Waals surface area contributed by atoms with E-state index in [0.29, 0.717) is 17.2 Å². The maximum atomic E-state index is 13.4. The summed E-state index contributed by atoms with van der Waals surface area (Å²) in [7, 11) is -1.08. The van der Waals surface area contributed by atoms with Gasteiger partial charge in [-0.2, -0.15) is 18.2 Å². The number of rotatable bonds is 14. The number of ether oxygens (including phenoxy) is 1. The molecule has 0 aliphatic carbocycles. The maximum absolute atomic E-state index is 13.4. The van der Waals surface area contributed by atoms with Gasteiger partial charge in [-0.3, -0.25) is 19.1 Å². The zero-order valence-electron chi connectivity index (χ0n) is 26.1. The zero-order chi connectivity index (χ0) is 35.0. The summed E-state index contributed by atoms with van der Waals surface area (Å²) >= 11 is 0.988. The molecule has 0 spiro atoms. The average Bonchev–Trinajstić information content (AvgIpc) is 3.59. The van der Waals surface area contributed by atoms with E-state index in [4.69, 9.17) is 24.8 Å². The third kappa shape index (κ3) is 7.43. The summed E-state index contributed by atoms with van der Waals surface area (Å²) in [5, 5.41) is 16.3. The monoisotopic (exact) mass is 702 g/mol. The molecular weight excluding hydrogens is 670 g/mol. The first kappa shape index (κ1) is 34.4. The highest BCUT2D eigenvalue weighted by molar-refractivity contribution is 7.80. The van der Waals surface area contributed by atoms with Crippen molar-refractivity contribution in [1.82, 2.24) is 19.7 Å². The van der Waals surface area contributed by atoms with Gasteiger partial charge in [-0.1, -0.05) is 11.2 Å². The molecule has 254 valence electrons. The van der Waals surface area contributed by atoms with Gasteiger partial charge in [0.25, 0.3) is 12.0 Å². The predicted molar refractivity (Wildman–Crippen MR) is 169 cm³/mol. The number of thiazole rings is 1. The van der Waals surface area contributed by atoms with Gasteiger partial charge in [-0.25, -0.2) is 9.78 Å². The Balaban J connectivity index is 1.28. The normalized spacial score (nSPS) is 16.9. The lowest BCUT2D eigenvalue weighted by Gasteiger charge is -2.50. The van der Waals surface area contributed by atoms with Crippen LogP contribution in [0, 0.1) is 5.92 Å². The fraction of sp³-hybridized carbons (Fsp3) is 0.345. The van der Waals surface area contributed by atoms with Crippen LogP contribution in [0.4, 0.5) is 5.13 Å². The fourth-order valence-corrected chi connectivity index (χ4v) is 6.02. The van der Waals surface area contributed by atoms with Gasteiger partial charge in [-0.05, 0) is 38.1 Å². The number of oxime groups is 1. The van der Waals surface area contributed by atoms with Gasteiger partial charge in [0.05, 0.1) is 29.7 Å². The van der Waals surface area contributed by atoms with Crippen molar-refractivity contribution >= 4 is 61.1 Å². The Morgan fingerprint density at radius 1 is 1.21 bits per heavy atom. The van der Waals surface area contributed by atoms with Gasteiger partial charge in [0, 0.05) is 35.4 Å². The molecule has 1 aliphatic rings. The highest BCUT2D eigenvalue weighted by atomic mass is 32.3. The van der Waals surface area contributed by atoms with E-state index in [-0.39, 0.29) is 10.8 Å². The van der Waals surface area contributed by atoms with E-state index in [2.05, 4.69) is 14.4 Å². The molecule has 17 nitrogen and oxygen atoms in total. The summed E-state index contributed by atoms with van der Waals surface area (Å²) in [4.78, 5) is 52.0. The van der Waals surface area contributed by atoms with Crippen LogP contribution in [0.3, 0.4) is 0 Å². The first-order valence-electron chi connectivity index (χ1n) is 14.3. The number of aryl methyl sites for hydroxylation is 1. The van der Waals surface area contributed by atoms with E-state index < -0.39 is 64.4 Å². The number of β-lactam (4-membered cyclic amide) rings is 1. The number of anilines is 1. The molecule has 2 atom stereocenters. The minimum Gasteiger partial charge on any atom is -0.489 e. The fourth-order valence-electron chi connectivity index (χ4n) is 5.02. The Kier molecular flexibility index (Phi) is 9.49. The number of fused-ring (bicyclic) bond motifs is 1. The number of carbonyl (C=O) groups excluding carboxylic acids is 2. The maximum Gasteiger partial charge on any atom is 0.418 e. The summed E-state index contributed by atoms with van der Waals surface area (Å²) in [6.45, 7) is 2.36. The van der Waals surface area contributed by atoms with Crippen molar-refractivity contribution in [3.8, 4) is 5.75 Å². The Morgan fingerprint density at radius 3 is 2.56 bits per heavy atom. The number of ketones is 1. The number of nitrogens with two attached hydrogens (primary N) is 1. The first-order valence-corrected chi connectivity index (χ1v) is 16.5. The molecular formula is C29H32N7O10S2+. The van der Waals surface area contributed by atoms with E-state index in [1.165, 1.54) is 19.2 Å². The SMILES string of the molecule is Cn1c(Cc2ccc3cc(OC[C@H](O/N=C(\C(=O)CC4C(=O)N(OS(=O)(=O)O)C4(C)C)c4csc(N)n4)C(=O)O)ccc3n2)cc[n+]1C. The minimum absolute atomic E-state index is 0.0226. The van der Waals surface area contributed by atoms with E-state index in [1.54, 1.807) is 18.2 Å². The highest BCUT2D eigenvalue weighted by Gasteiger charge is 2.57. The number of carboxylic acids is 1. The summed E-state index contributed by atoms with van der Waals surface area (Å²) in [5.41, 5.74) is 6.66. The van der Waals surface area contributed by atoms with Crippen molar-refractivity contribution < 1.29 is 51.0 Å². The van der Waals surface area contributed by atoms with Crippen LogP contribution in [-0.2, 0) is 54.4 Å². The first-order chi connectivity index (χ1) is 22.5. The number of hydrogen-bond acceptors (Lipinski definition) is 13. The van der Waals surface area contributed by atoms with Crippen molar-refractivity contribution in [3.05, 3.63) is 65.1 Å². The third-order valence-corrected chi connectivity index (χ3v) is 8.87. The van der Waals surface area contributed by atoms with Crippen LogP contribution < -0.4 is 15.2 Å². The summed E-state index contributed by atoms with van der Waals surface area (Å²) < 4.78 is 45.3. The number of aromatic nitrogens is 4. The molecule has 1 aromatic carbocycles. The molecule has 0 bridgehead atoms. The second-order valence-corrected chi connectivity index (χ2v) is 13.4. The number of hydroxylamine groups is 2. The number of nitrogen functional groups attached to an aromatic ring is 1. The van der Waals surface area contributed by atoms with Gasteiger partial charge in [-0.15, -0.1) is 20.3 Å². The number of benzene rings is 1. The van der Waals surface area contributed by atoms with Crippen molar-refractivity contribution in [3.63, 3.8) is 0 Å². The molecule has 1 fully saturated rings. The second kappa shape index (κ2) is 13.3. The smallest absolute Gasteiger partial charge is 0.418 e. The van der Waals surface area contributed by atoms with Crippen LogP contribution in [0.2, 0.25) is 0 Å². The van der Waals surface area contributed by atoms with Crippen molar-refractivity contribution in [2.75, 3.05) is 12.3 Å². The number of pyridine rings is 1. The molecule has 5 rings (SSSR count). The molecule has 19 heteroatoms. The highest BCUT2D eigenvalue weighted by Crippen LogP contribution is 2.40. The molecule has 4 N–H and O–H groups in total. The van der Waals surface area contributed by atoms with E-state index in [1.807, 2.05) is 47.9 Å². The second-order valence-electron chi connectivity index (χ2n) is 11.5. The third-order valence-electron chi connectivity index (χ3n) is 7.86. The summed E-state index contributed by atoms with van der Waals surface area (Å²) in [5.74, 6) is -3.82. The standard InChI is InChI=1S/C29H31N7O10S2/c1-29(2)20(26(38)36(29)46-48(41,42)43)13-23(37)25(22-15-47-28(30)32-22)33-45-24(27(39)40)14-44-19-7-8-21-16(11-19)5-6-17(31-21)12-18-9-10-34(3)35(18)4/h5-11,15,20,24H,12-14H2,1-4H3,(H3-,30,32,39,40,41,42,43)/p+1/b33-25-/t20?,24-/m0/s1. The Bertz CT molecular complexity index is 2040. The van der Waals surface area contributed by atoms with Crippen molar-refractivity contribution in [2.24, 2.45) is 25.2 Å². The lowest BCUT2D eigenvalue weighted by Crippen LogP contribution is -2.68. The number of Topliss-reactive ketones (excluding diaryl/α,β-unsaturated/α-hetero) is 1. The molecule has 1 aliphatic heterocycles. The molecule has 0 saturated carbocycles. The van der Waals surface area contributed by atoms with Crippen molar-refractivity contribution in [1.29, 1.82) is 0 Å². The summed E-state index contributed by atoms with van der Waals surface area (Å²) in [6.07, 6.45) is 0.442. The predicted octanol–water partition coefficient (Wildman–Crippen LogP) is 1.21. The van der Waals surface area contributed by atoms with Crippen LogP contribution in [0.1, 0.15) is 37.4 Å². The zero-order valence-corrected chi connectivity index (χ0v) is 27.8. The Hall–Kier alpha value is -4.98. The minimum atomic E-state index is -4.99. The lowest BCUT2D eigenvalue weighted by atomic mass is 9.74. The van der Waals surface area contributed by atoms with Crippen LogP contribution in [0.25, 0.3) is 10.9 Å². The number of carbonyl (C=O) groups is 3. The van der Waals surface area contributed by atoms with Gasteiger partial charge < -0.3 is 20.4 Å². The van der Waals surface area contributed by atoms with E-state index in [0.717, 1.165) is 33.6 Å². The molecule has 1 unspecified atom stereocenters. The molecule has 4 aromatic rings. The van der Waals surface area contributed by atoms with Crippen LogP contribution in [0.5, 0.6) is 5.75 Å². The largest absolute Gasteiger partial charge is 0.489 e. The van der Waals surface area contributed by atoms with Crippen LogP contribution in [0.15, 0.2) is 53.1 Å². The molecule has 3 aromatic heterocycles. The number of amides is 1. The van der Waals surface area contributed by atoms with Crippen LogP contribution in [-0.4, -0.2) is 79.4 Å². The molecule has 0 radical (unpaired) electrons. The number of nitrogens with zero attached hydrogens (tertiary/aromatic N) is 6. The molecule has 48 heavy (non-hydrogen) atoms. The molecule has 4 heterocycles. The van der Waals surface area contributed by atoms with Gasteiger partial charge >= 0.3 is 16.4 Å². The Morgan fingerprint density at radius 2 is 1.96 bits per heavy atom. The lowest BCUT2D eigenvalue weighted by molar-refractivity contribution is -0.751.